The van der Waals surface area contributed by atoms with Crippen molar-refractivity contribution in [2.45, 2.75) is 19.0 Å². The molecule has 2 fully saturated rings. The van der Waals surface area contributed by atoms with E-state index in [0.717, 1.165) is 31.7 Å². The summed E-state index contributed by atoms with van der Waals surface area (Å²) in [5.41, 5.74) is 3.19. The lowest BCUT2D eigenvalue weighted by atomic mass is 9.89. The molecule has 2 aliphatic heterocycles. The lowest BCUT2D eigenvalue weighted by Crippen LogP contribution is -2.55. The highest BCUT2D eigenvalue weighted by Crippen LogP contribution is 2.32. The Labute approximate surface area is 173 Å². The van der Waals surface area contributed by atoms with Gasteiger partial charge in [0.15, 0.2) is 5.78 Å². The maximum Gasteiger partial charge on any atom is 0.181 e. The van der Waals surface area contributed by atoms with Gasteiger partial charge in [-0.2, -0.15) is 0 Å². The minimum Gasteiger partial charge on any atom is -0.379 e. The number of carbonyl (C=O) groups is 1. The van der Waals surface area contributed by atoms with Gasteiger partial charge < -0.3 is 9.47 Å². The molecule has 0 N–H and O–H groups in total. The summed E-state index contributed by atoms with van der Waals surface area (Å²) in [6, 6.07) is 18.1. The standard InChI is InChI=1S/C24H30N2O3/c1-19-6-5-9-21(18-19)22(25-10-14-28-15-11-25)23(26-12-16-29-17-13-26)24(27)20-7-3-2-4-8-20/h2-9,18,22-23H,10-17H2,1H3/t22-,23+/m0/s1. The number of carbonyl (C=O) groups excluding carboxylic acids is 1. The maximum absolute atomic E-state index is 13.8. The molecule has 5 heteroatoms. The molecule has 2 aromatic rings. The summed E-state index contributed by atoms with van der Waals surface area (Å²) in [5, 5.41) is 0. The quantitative estimate of drug-likeness (QED) is 0.705. The zero-order valence-corrected chi connectivity index (χ0v) is 17.1. The van der Waals surface area contributed by atoms with Crippen LogP contribution in [0, 0.1) is 6.92 Å². The van der Waals surface area contributed by atoms with Gasteiger partial charge in [-0.1, -0.05) is 60.2 Å². The van der Waals surface area contributed by atoms with Crippen molar-refractivity contribution in [1.29, 1.82) is 0 Å². The summed E-state index contributed by atoms with van der Waals surface area (Å²) in [6.45, 7) is 8.08. The molecule has 2 aliphatic rings. The van der Waals surface area contributed by atoms with Crippen LogP contribution in [0.1, 0.15) is 27.5 Å². The van der Waals surface area contributed by atoms with Crippen LogP contribution in [0.4, 0.5) is 0 Å². The summed E-state index contributed by atoms with van der Waals surface area (Å²) in [5.74, 6) is 0.186. The topological polar surface area (TPSA) is 42.0 Å². The third-order valence-electron chi connectivity index (χ3n) is 5.89. The van der Waals surface area contributed by atoms with E-state index in [1.54, 1.807) is 0 Å². The highest BCUT2D eigenvalue weighted by molar-refractivity contribution is 6.00. The summed E-state index contributed by atoms with van der Waals surface area (Å²) in [6.07, 6.45) is 0. The van der Waals surface area contributed by atoms with Gasteiger partial charge in [0, 0.05) is 31.7 Å². The van der Waals surface area contributed by atoms with E-state index in [1.165, 1.54) is 11.1 Å². The van der Waals surface area contributed by atoms with Crippen molar-refractivity contribution in [1.82, 2.24) is 9.80 Å². The van der Waals surface area contributed by atoms with E-state index in [1.807, 2.05) is 30.3 Å². The number of benzene rings is 2. The summed E-state index contributed by atoms with van der Waals surface area (Å²) < 4.78 is 11.2. The van der Waals surface area contributed by atoms with E-state index >= 15 is 0 Å². The number of nitrogens with zero attached hydrogens (tertiary/aromatic N) is 2. The molecule has 0 radical (unpaired) electrons. The number of morpholine rings is 2. The van der Waals surface area contributed by atoms with Crippen molar-refractivity contribution < 1.29 is 14.3 Å². The fraction of sp³-hybridized carbons (Fsp3) is 0.458. The first-order chi connectivity index (χ1) is 14.2. The normalized spacial score (nSPS) is 20.9. The molecule has 154 valence electrons. The SMILES string of the molecule is Cc1cccc([C@@H]([C@H](C(=O)c2ccccc2)N2CCOCC2)N2CCOCC2)c1. The Morgan fingerprint density at radius 1 is 0.828 bits per heavy atom. The monoisotopic (exact) mass is 394 g/mol. The van der Waals surface area contributed by atoms with E-state index in [4.69, 9.17) is 9.47 Å². The van der Waals surface area contributed by atoms with Gasteiger partial charge in [0.2, 0.25) is 0 Å². The highest BCUT2D eigenvalue weighted by atomic mass is 16.5. The van der Waals surface area contributed by atoms with Gasteiger partial charge in [-0.25, -0.2) is 0 Å². The van der Waals surface area contributed by atoms with Crippen LogP contribution in [-0.4, -0.2) is 74.2 Å². The molecule has 0 saturated carbocycles. The molecule has 0 aromatic heterocycles. The zero-order chi connectivity index (χ0) is 20.1. The van der Waals surface area contributed by atoms with Crippen molar-refractivity contribution >= 4 is 5.78 Å². The summed E-state index contributed by atoms with van der Waals surface area (Å²) in [4.78, 5) is 18.6. The molecule has 2 heterocycles. The van der Waals surface area contributed by atoms with Crippen LogP contribution in [-0.2, 0) is 9.47 Å². The zero-order valence-electron chi connectivity index (χ0n) is 17.1. The third-order valence-corrected chi connectivity index (χ3v) is 5.89. The molecule has 0 unspecified atom stereocenters. The van der Waals surface area contributed by atoms with Crippen LogP contribution >= 0.6 is 0 Å². The Balaban J connectivity index is 1.77. The summed E-state index contributed by atoms with van der Waals surface area (Å²) >= 11 is 0. The minimum atomic E-state index is -0.249. The van der Waals surface area contributed by atoms with E-state index in [0.29, 0.717) is 26.4 Å². The van der Waals surface area contributed by atoms with Gasteiger partial charge in [0.1, 0.15) is 0 Å². The average Bonchev–Trinajstić information content (AvgIpc) is 2.79. The first-order valence-corrected chi connectivity index (χ1v) is 10.5. The molecule has 0 spiro atoms. The van der Waals surface area contributed by atoms with Gasteiger partial charge in [0.05, 0.1) is 38.5 Å². The van der Waals surface area contributed by atoms with Gasteiger partial charge >= 0.3 is 0 Å². The molecule has 2 aromatic carbocycles. The lowest BCUT2D eigenvalue weighted by Gasteiger charge is -2.44. The van der Waals surface area contributed by atoms with E-state index in [9.17, 15) is 4.79 Å². The lowest BCUT2D eigenvalue weighted by molar-refractivity contribution is -0.0301. The van der Waals surface area contributed by atoms with E-state index in [-0.39, 0.29) is 17.9 Å². The second kappa shape index (κ2) is 9.63. The predicted octanol–water partition coefficient (Wildman–Crippen LogP) is 2.95. The fourth-order valence-corrected chi connectivity index (χ4v) is 4.44. The fourth-order valence-electron chi connectivity index (χ4n) is 4.44. The Morgan fingerprint density at radius 3 is 2.07 bits per heavy atom. The van der Waals surface area contributed by atoms with Crippen LogP contribution in [0.5, 0.6) is 0 Å². The Hall–Kier alpha value is -2.05. The maximum atomic E-state index is 13.8. The Morgan fingerprint density at radius 2 is 1.45 bits per heavy atom. The van der Waals surface area contributed by atoms with Crippen molar-refractivity contribution in [2.75, 3.05) is 52.6 Å². The van der Waals surface area contributed by atoms with Crippen LogP contribution in [0.3, 0.4) is 0 Å². The molecule has 2 saturated heterocycles. The number of hydrogen-bond acceptors (Lipinski definition) is 5. The van der Waals surface area contributed by atoms with E-state index < -0.39 is 0 Å². The van der Waals surface area contributed by atoms with Crippen LogP contribution in [0.15, 0.2) is 54.6 Å². The molecule has 2 atom stereocenters. The molecule has 29 heavy (non-hydrogen) atoms. The van der Waals surface area contributed by atoms with Crippen molar-refractivity contribution in [3.05, 3.63) is 71.3 Å². The van der Waals surface area contributed by atoms with Gasteiger partial charge in [-0.3, -0.25) is 14.6 Å². The molecule has 0 amide bonds. The number of hydrogen-bond donors (Lipinski definition) is 0. The number of aryl methyl sites for hydroxylation is 1. The van der Waals surface area contributed by atoms with Crippen molar-refractivity contribution in [2.24, 2.45) is 0 Å². The first-order valence-electron chi connectivity index (χ1n) is 10.5. The second-order valence-electron chi connectivity index (χ2n) is 7.83. The number of ether oxygens (including phenoxy) is 2. The minimum absolute atomic E-state index is 0.00962. The van der Waals surface area contributed by atoms with Crippen molar-refractivity contribution in [3.63, 3.8) is 0 Å². The van der Waals surface area contributed by atoms with E-state index in [2.05, 4.69) is 41.0 Å². The Bertz CT molecular complexity index is 799. The van der Waals surface area contributed by atoms with Crippen LogP contribution in [0.25, 0.3) is 0 Å². The van der Waals surface area contributed by atoms with Crippen LogP contribution < -0.4 is 0 Å². The molecule has 5 nitrogen and oxygen atoms in total. The molecule has 4 rings (SSSR count). The average molecular weight is 395 g/mol. The van der Waals surface area contributed by atoms with Gasteiger partial charge in [0.25, 0.3) is 0 Å². The van der Waals surface area contributed by atoms with Crippen molar-refractivity contribution in [3.8, 4) is 0 Å². The molecule has 0 bridgehead atoms. The largest absolute Gasteiger partial charge is 0.379 e. The molecular weight excluding hydrogens is 364 g/mol. The first kappa shape index (κ1) is 20.2. The van der Waals surface area contributed by atoms with Gasteiger partial charge in [-0.05, 0) is 12.5 Å². The van der Waals surface area contributed by atoms with Gasteiger partial charge in [-0.15, -0.1) is 0 Å². The highest BCUT2D eigenvalue weighted by Gasteiger charge is 2.39. The second-order valence-corrected chi connectivity index (χ2v) is 7.83. The Kier molecular flexibility index (Phi) is 6.72. The number of Topliss-reactive ketones (excluding diaryl/α,β-unsaturated/α-hetero) is 1. The predicted molar refractivity (Wildman–Crippen MR) is 113 cm³/mol. The molecular formula is C24H30N2O3. The molecule has 0 aliphatic carbocycles. The summed E-state index contributed by atoms with van der Waals surface area (Å²) in [7, 11) is 0. The smallest absolute Gasteiger partial charge is 0.181 e. The number of rotatable bonds is 6. The number of ketones is 1. The third kappa shape index (κ3) is 4.75. The van der Waals surface area contributed by atoms with Crippen LogP contribution in [0.2, 0.25) is 0 Å².